The number of H-pyrrole nitrogens is 1. The number of nitrogens with zero attached hydrogens (tertiary/aromatic N) is 3. The molecule has 0 aliphatic heterocycles. The number of nitrogens with one attached hydrogen (secondary N) is 3. The number of fused-ring (bicyclic) bond motifs is 2. The summed E-state index contributed by atoms with van der Waals surface area (Å²) in [5.41, 5.74) is 1.98. The van der Waals surface area contributed by atoms with Crippen LogP contribution in [0.4, 0.5) is 4.39 Å². The molecule has 6 aromatic rings. The van der Waals surface area contributed by atoms with Crippen molar-refractivity contribution in [1.29, 1.82) is 0 Å². The molecule has 12 heteroatoms. The average Bonchev–Trinajstić information content (AvgIpc) is 3.59. The second-order valence-corrected chi connectivity index (χ2v) is 13.7. The van der Waals surface area contributed by atoms with Gasteiger partial charge in [0.15, 0.2) is 17.0 Å². The number of aryl methyl sites for hydroxylation is 2. The van der Waals surface area contributed by atoms with Gasteiger partial charge in [0, 0.05) is 56.6 Å². The summed E-state index contributed by atoms with van der Waals surface area (Å²) >= 11 is 0. The Morgan fingerprint density at radius 3 is 2.16 bits per heavy atom. The summed E-state index contributed by atoms with van der Waals surface area (Å²) in [6.45, 7) is 12.6. The number of hydrogen-bond acceptors (Lipinski definition) is 8. The highest BCUT2D eigenvalue weighted by molar-refractivity contribution is 6.01. The zero-order valence-corrected chi connectivity index (χ0v) is 29.5. The Labute approximate surface area is 293 Å². The van der Waals surface area contributed by atoms with Crippen LogP contribution in [0.1, 0.15) is 72.6 Å². The number of carbonyl (C=O) groups excluding carboxylic acids is 3. The van der Waals surface area contributed by atoms with E-state index < -0.39 is 22.7 Å². The normalized spacial score (nSPS) is 11.5. The highest BCUT2D eigenvalue weighted by atomic mass is 19.1. The number of pyridine rings is 3. The number of aromatic nitrogens is 4. The molecular weight excluding hydrogens is 651 g/mol. The number of oxazole rings is 1. The molecule has 3 N–H and O–H groups in total. The van der Waals surface area contributed by atoms with Crippen molar-refractivity contribution in [2.75, 3.05) is 6.54 Å². The third-order valence-corrected chi connectivity index (χ3v) is 8.02. The van der Waals surface area contributed by atoms with Gasteiger partial charge in [-0.05, 0) is 76.2 Å². The summed E-state index contributed by atoms with van der Waals surface area (Å²) in [6, 6.07) is 16.6. The summed E-state index contributed by atoms with van der Waals surface area (Å²) in [5.74, 6) is -0.945. The highest BCUT2D eigenvalue weighted by Crippen LogP contribution is 2.27. The van der Waals surface area contributed by atoms with E-state index in [1.165, 1.54) is 12.3 Å². The number of hydrogen-bond donors (Lipinski definition) is 3. The summed E-state index contributed by atoms with van der Waals surface area (Å²) in [7, 11) is 0. The maximum absolute atomic E-state index is 14.9. The first-order valence-corrected chi connectivity index (χ1v) is 16.2. The highest BCUT2D eigenvalue weighted by Gasteiger charge is 2.30. The van der Waals surface area contributed by atoms with Crippen LogP contribution in [0.15, 0.2) is 88.5 Å². The van der Waals surface area contributed by atoms with Crippen molar-refractivity contribution in [3.05, 3.63) is 124 Å². The van der Waals surface area contributed by atoms with Gasteiger partial charge in [0.2, 0.25) is 11.8 Å². The molecule has 0 spiro atoms. The molecule has 0 unspecified atom stereocenters. The molecular formula is C39H39FN6O5. The van der Waals surface area contributed by atoms with Crippen molar-refractivity contribution in [2.45, 2.75) is 54.0 Å². The SMILES string of the molecule is Cc1ccc(-c2cnc(C(C)(C)NC(=O)c3cc4[nH]c5ccccc5c(=O)c4cc3F)o2)cn1.Cc1ccc(C(=O)CNC(=O)C(C)(C)C)cn1. The molecule has 11 nitrogen and oxygen atoms in total. The van der Waals surface area contributed by atoms with Crippen LogP contribution < -0.4 is 16.1 Å². The monoisotopic (exact) mass is 690 g/mol. The topological polar surface area (TPSA) is 160 Å². The molecule has 4 aromatic heterocycles. The van der Waals surface area contributed by atoms with Crippen LogP contribution in [0.5, 0.6) is 0 Å². The lowest BCUT2D eigenvalue weighted by atomic mass is 9.95. The van der Waals surface area contributed by atoms with Crippen LogP contribution in [0, 0.1) is 25.1 Å². The standard InChI is InChI=1S/C26H21FN4O3.C13H18N2O2/c1-14-8-9-15(12-28-14)22-13-29-25(34-22)26(2,3)31-24(33)17-11-21-18(10-19(17)27)23(32)16-6-4-5-7-20(16)30-21;1-9-5-6-10(7-14-9)11(16)8-15-12(17)13(2,3)4/h4-13H,1-3H3,(H,30,32)(H,31,33);5-7H,8H2,1-4H3,(H,15,17). The quantitative estimate of drug-likeness (QED) is 0.125. The maximum Gasteiger partial charge on any atom is 0.255 e. The number of ketones is 1. The largest absolute Gasteiger partial charge is 0.438 e. The summed E-state index contributed by atoms with van der Waals surface area (Å²) in [5, 5.41) is 6.03. The molecule has 2 aromatic carbocycles. The predicted octanol–water partition coefficient (Wildman–Crippen LogP) is 6.58. The van der Waals surface area contributed by atoms with E-state index in [1.807, 2.05) is 26.0 Å². The Morgan fingerprint density at radius 2 is 1.51 bits per heavy atom. The molecule has 0 atom stereocenters. The Kier molecular flexibility index (Phi) is 10.3. The van der Waals surface area contributed by atoms with E-state index in [0.717, 1.165) is 23.0 Å². The molecule has 0 radical (unpaired) electrons. The van der Waals surface area contributed by atoms with E-state index in [0.29, 0.717) is 27.7 Å². The van der Waals surface area contributed by atoms with E-state index in [-0.39, 0.29) is 40.5 Å². The Morgan fingerprint density at radius 1 is 0.824 bits per heavy atom. The molecule has 4 heterocycles. The third-order valence-electron chi connectivity index (χ3n) is 8.02. The molecule has 0 aliphatic rings. The van der Waals surface area contributed by atoms with Gasteiger partial charge in [-0.2, -0.15) is 0 Å². The Hall–Kier alpha value is -6.04. The van der Waals surface area contributed by atoms with Gasteiger partial charge in [-0.1, -0.05) is 32.9 Å². The van der Waals surface area contributed by atoms with Gasteiger partial charge in [-0.25, -0.2) is 9.37 Å². The van der Waals surface area contributed by atoms with Crippen LogP contribution in [0.3, 0.4) is 0 Å². The van der Waals surface area contributed by atoms with Crippen molar-refractivity contribution in [2.24, 2.45) is 5.41 Å². The summed E-state index contributed by atoms with van der Waals surface area (Å²) in [6.07, 6.45) is 4.77. The molecule has 0 fully saturated rings. The van der Waals surface area contributed by atoms with Gasteiger partial charge in [0.05, 0.1) is 23.8 Å². The number of carbonyl (C=O) groups is 3. The Bertz CT molecular complexity index is 2300. The van der Waals surface area contributed by atoms with Crippen LogP contribution in [0.25, 0.3) is 33.1 Å². The number of halogens is 1. The van der Waals surface area contributed by atoms with Gasteiger partial charge in [-0.15, -0.1) is 0 Å². The minimum Gasteiger partial charge on any atom is -0.438 e. The molecule has 6 rings (SSSR count). The zero-order chi connectivity index (χ0) is 37.1. The van der Waals surface area contributed by atoms with E-state index in [2.05, 4.69) is 30.6 Å². The van der Waals surface area contributed by atoms with Crippen molar-refractivity contribution in [3.63, 3.8) is 0 Å². The second kappa shape index (κ2) is 14.4. The number of benzene rings is 2. The molecule has 2 amide bonds. The second-order valence-electron chi connectivity index (χ2n) is 13.7. The summed E-state index contributed by atoms with van der Waals surface area (Å²) in [4.78, 5) is 64.8. The van der Waals surface area contributed by atoms with Crippen LogP contribution >= 0.6 is 0 Å². The van der Waals surface area contributed by atoms with Crippen molar-refractivity contribution >= 4 is 39.4 Å². The van der Waals surface area contributed by atoms with Gasteiger partial charge in [0.1, 0.15) is 11.4 Å². The molecule has 0 saturated carbocycles. The first-order chi connectivity index (χ1) is 24.0. The van der Waals surface area contributed by atoms with E-state index in [9.17, 15) is 23.6 Å². The maximum atomic E-state index is 14.9. The van der Waals surface area contributed by atoms with Crippen molar-refractivity contribution in [3.8, 4) is 11.3 Å². The average molecular weight is 691 g/mol. The Balaban J connectivity index is 0.000000251. The van der Waals surface area contributed by atoms with Crippen LogP contribution in [-0.4, -0.2) is 44.1 Å². The molecule has 0 aliphatic carbocycles. The smallest absolute Gasteiger partial charge is 0.255 e. The van der Waals surface area contributed by atoms with Crippen LogP contribution in [-0.2, 0) is 10.3 Å². The lowest BCUT2D eigenvalue weighted by molar-refractivity contribution is -0.128. The molecule has 51 heavy (non-hydrogen) atoms. The zero-order valence-electron chi connectivity index (χ0n) is 29.5. The minimum atomic E-state index is -1.04. The number of rotatable bonds is 7. The van der Waals surface area contributed by atoms with Crippen LogP contribution in [0.2, 0.25) is 0 Å². The van der Waals surface area contributed by atoms with E-state index in [1.54, 1.807) is 83.4 Å². The van der Waals surface area contributed by atoms with Crippen molar-refractivity contribution < 1.29 is 23.2 Å². The number of para-hydroxylation sites is 1. The molecule has 0 saturated heterocycles. The predicted molar refractivity (Wildman–Crippen MR) is 193 cm³/mol. The fraction of sp³-hybridized carbons (Fsp3) is 0.256. The fourth-order valence-corrected chi connectivity index (χ4v) is 4.99. The van der Waals surface area contributed by atoms with E-state index >= 15 is 0 Å². The van der Waals surface area contributed by atoms with Gasteiger partial charge in [0.25, 0.3) is 5.91 Å². The number of aromatic amines is 1. The van der Waals surface area contributed by atoms with Crippen molar-refractivity contribution in [1.82, 2.24) is 30.6 Å². The fourth-order valence-electron chi connectivity index (χ4n) is 4.99. The van der Waals surface area contributed by atoms with Gasteiger partial charge < -0.3 is 20.0 Å². The summed E-state index contributed by atoms with van der Waals surface area (Å²) < 4.78 is 20.8. The lowest BCUT2D eigenvalue weighted by Gasteiger charge is -2.23. The molecule has 0 bridgehead atoms. The molecule has 262 valence electrons. The van der Waals surface area contributed by atoms with Gasteiger partial charge in [-0.3, -0.25) is 29.1 Å². The minimum absolute atomic E-state index is 0.0147. The van der Waals surface area contributed by atoms with E-state index in [4.69, 9.17) is 4.42 Å². The third kappa shape index (κ3) is 8.41. The number of Topliss-reactive ketones (excluding diaryl/α,β-unsaturated/α-hetero) is 1. The van der Waals surface area contributed by atoms with Gasteiger partial charge >= 0.3 is 0 Å². The lowest BCUT2D eigenvalue weighted by Crippen LogP contribution is -2.41. The first-order valence-electron chi connectivity index (χ1n) is 16.2. The first kappa shape index (κ1) is 36.2. The number of amides is 2.